The number of hydrogen-bond acceptors (Lipinski definition) is 3. The topological polar surface area (TPSA) is 84.2 Å². The third kappa shape index (κ3) is 5.42. The molecule has 1 heterocycles. The van der Waals surface area contributed by atoms with Gasteiger partial charge in [-0.15, -0.1) is 0 Å². The normalized spacial score (nSPS) is 11.7. The molecule has 1 amide bonds. The molecule has 0 unspecified atom stereocenters. The number of carbonyl (C=O) groups is 2. The summed E-state index contributed by atoms with van der Waals surface area (Å²) in [6.45, 7) is 8.54. The second-order valence-corrected chi connectivity index (χ2v) is 6.08. The summed E-state index contributed by atoms with van der Waals surface area (Å²) in [6.07, 6.45) is 3.65. The van der Waals surface area contributed by atoms with Crippen molar-refractivity contribution in [2.45, 2.75) is 52.6 Å². The van der Waals surface area contributed by atoms with E-state index in [9.17, 15) is 9.59 Å². The Hall–Kier alpha value is -1.85. The van der Waals surface area contributed by atoms with Crippen LogP contribution in [0.15, 0.2) is 12.4 Å². The van der Waals surface area contributed by atoms with Gasteiger partial charge in [-0.3, -0.25) is 14.3 Å². The van der Waals surface area contributed by atoms with Gasteiger partial charge in [-0.05, 0) is 26.2 Å². The van der Waals surface area contributed by atoms with Crippen LogP contribution in [0.5, 0.6) is 0 Å². The van der Waals surface area contributed by atoms with Crippen LogP contribution in [0, 0.1) is 5.92 Å². The first kappa shape index (κ1) is 16.2. The molecule has 0 bridgehead atoms. The number of carboxylic acids is 1. The van der Waals surface area contributed by atoms with Crippen molar-refractivity contribution in [2.75, 3.05) is 0 Å². The first-order valence-corrected chi connectivity index (χ1v) is 6.76. The van der Waals surface area contributed by atoms with Gasteiger partial charge in [0.1, 0.15) is 0 Å². The van der Waals surface area contributed by atoms with Gasteiger partial charge in [-0.2, -0.15) is 5.10 Å². The van der Waals surface area contributed by atoms with Crippen LogP contribution in [0.4, 0.5) is 0 Å². The van der Waals surface area contributed by atoms with Gasteiger partial charge in [-0.1, -0.05) is 13.8 Å². The minimum Gasteiger partial charge on any atom is -0.481 e. The molecule has 0 aliphatic rings. The molecule has 20 heavy (non-hydrogen) atoms. The van der Waals surface area contributed by atoms with E-state index >= 15 is 0 Å². The number of aromatic nitrogens is 2. The summed E-state index contributed by atoms with van der Waals surface area (Å²) in [5.41, 5.74) is -0.0654. The lowest BCUT2D eigenvalue weighted by Gasteiger charge is -2.25. The molecular formula is C14H23N3O3. The fraction of sp³-hybridized carbons (Fsp3) is 0.643. The van der Waals surface area contributed by atoms with E-state index in [0.29, 0.717) is 17.9 Å². The van der Waals surface area contributed by atoms with E-state index in [0.717, 1.165) is 6.54 Å². The highest BCUT2D eigenvalue weighted by molar-refractivity contribution is 5.94. The number of carboxylic acid groups (broad SMARTS) is 1. The van der Waals surface area contributed by atoms with Crippen LogP contribution in [-0.2, 0) is 11.3 Å². The first-order chi connectivity index (χ1) is 9.19. The summed E-state index contributed by atoms with van der Waals surface area (Å²) >= 11 is 0. The van der Waals surface area contributed by atoms with Gasteiger partial charge >= 0.3 is 5.97 Å². The Morgan fingerprint density at radius 1 is 1.45 bits per heavy atom. The highest BCUT2D eigenvalue weighted by atomic mass is 16.4. The first-order valence-electron chi connectivity index (χ1n) is 6.76. The number of nitrogens with one attached hydrogen (secondary N) is 1. The number of nitrogens with zero attached hydrogens (tertiary/aromatic N) is 2. The third-order valence-corrected chi connectivity index (χ3v) is 2.86. The molecule has 0 aromatic carbocycles. The number of hydrogen-bond donors (Lipinski definition) is 2. The summed E-state index contributed by atoms with van der Waals surface area (Å²) < 4.78 is 1.74. The second-order valence-electron chi connectivity index (χ2n) is 6.08. The summed E-state index contributed by atoms with van der Waals surface area (Å²) in [7, 11) is 0. The molecule has 0 saturated carbocycles. The van der Waals surface area contributed by atoms with Gasteiger partial charge in [0, 0.05) is 24.7 Å². The fourth-order valence-corrected chi connectivity index (χ4v) is 1.82. The monoisotopic (exact) mass is 281 g/mol. The van der Waals surface area contributed by atoms with E-state index in [1.54, 1.807) is 10.9 Å². The van der Waals surface area contributed by atoms with Crippen molar-refractivity contribution >= 4 is 11.9 Å². The molecule has 1 aromatic heterocycles. The Balaban J connectivity index is 2.61. The maximum absolute atomic E-state index is 12.1. The zero-order valence-electron chi connectivity index (χ0n) is 12.5. The largest absolute Gasteiger partial charge is 0.481 e. The predicted molar refractivity (Wildman–Crippen MR) is 75.5 cm³/mol. The van der Waals surface area contributed by atoms with Crippen LogP contribution in [0.1, 0.15) is 50.9 Å². The van der Waals surface area contributed by atoms with Crippen molar-refractivity contribution in [2.24, 2.45) is 5.92 Å². The van der Waals surface area contributed by atoms with E-state index in [2.05, 4.69) is 24.3 Å². The smallest absolute Gasteiger partial charge is 0.303 e. The van der Waals surface area contributed by atoms with Gasteiger partial charge in [0.2, 0.25) is 0 Å². The van der Waals surface area contributed by atoms with Crippen LogP contribution in [-0.4, -0.2) is 32.3 Å². The second kappa shape index (κ2) is 6.54. The van der Waals surface area contributed by atoms with Gasteiger partial charge < -0.3 is 10.4 Å². The van der Waals surface area contributed by atoms with Crippen LogP contribution >= 0.6 is 0 Å². The summed E-state index contributed by atoms with van der Waals surface area (Å²) in [5, 5.41) is 15.7. The quantitative estimate of drug-likeness (QED) is 0.799. The molecule has 0 spiro atoms. The van der Waals surface area contributed by atoms with Gasteiger partial charge in [-0.25, -0.2) is 0 Å². The van der Waals surface area contributed by atoms with E-state index in [1.807, 2.05) is 13.8 Å². The van der Waals surface area contributed by atoms with E-state index in [1.165, 1.54) is 6.20 Å². The Labute approximate surface area is 119 Å². The molecule has 2 N–H and O–H groups in total. The van der Waals surface area contributed by atoms with Gasteiger partial charge in [0.15, 0.2) is 0 Å². The van der Waals surface area contributed by atoms with E-state index in [4.69, 9.17) is 5.11 Å². The molecule has 1 aromatic rings. The van der Waals surface area contributed by atoms with Crippen molar-refractivity contribution in [1.82, 2.24) is 15.1 Å². The Kier molecular flexibility index (Phi) is 5.30. The number of amides is 1. The van der Waals surface area contributed by atoms with Crippen molar-refractivity contribution < 1.29 is 14.7 Å². The lowest BCUT2D eigenvalue weighted by atomic mass is 9.98. The molecule has 1 rings (SSSR count). The fourth-order valence-electron chi connectivity index (χ4n) is 1.82. The maximum Gasteiger partial charge on any atom is 0.303 e. The van der Waals surface area contributed by atoms with Gasteiger partial charge in [0.25, 0.3) is 5.91 Å². The average Bonchev–Trinajstić information content (AvgIpc) is 2.73. The highest BCUT2D eigenvalue weighted by Gasteiger charge is 2.22. The zero-order valence-corrected chi connectivity index (χ0v) is 12.5. The minimum atomic E-state index is -0.864. The summed E-state index contributed by atoms with van der Waals surface area (Å²) in [5.74, 6) is -0.634. The summed E-state index contributed by atoms with van der Waals surface area (Å²) in [4.78, 5) is 22.7. The zero-order chi connectivity index (χ0) is 15.3. The van der Waals surface area contributed by atoms with Crippen LogP contribution in [0.2, 0.25) is 0 Å². The number of rotatable bonds is 7. The molecule has 112 valence electrons. The molecular weight excluding hydrogens is 258 g/mol. The third-order valence-electron chi connectivity index (χ3n) is 2.86. The SMILES string of the molecule is CC(C)Cn1cc(C(=O)NC(C)(C)CCC(=O)O)cn1. The summed E-state index contributed by atoms with van der Waals surface area (Å²) in [6, 6.07) is 0. The lowest BCUT2D eigenvalue weighted by molar-refractivity contribution is -0.137. The van der Waals surface area contributed by atoms with Crippen molar-refractivity contribution in [1.29, 1.82) is 0 Å². The minimum absolute atomic E-state index is 0.0277. The molecule has 0 aliphatic carbocycles. The number of carbonyl (C=O) groups excluding carboxylic acids is 1. The van der Waals surface area contributed by atoms with E-state index in [-0.39, 0.29) is 12.3 Å². The number of aliphatic carboxylic acids is 1. The van der Waals surface area contributed by atoms with Crippen molar-refractivity contribution in [3.63, 3.8) is 0 Å². The van der Waals surface area contributed by atoms with Crippen molar-refractivity contribution in [3.8, 4) is 0 Å². The maximum atomic E-state index is 12.1. The van der Waals surface area contributed by atoms with Crippen LogP contribution in [0.25, 0.3) is 0 Å². The molecule has 0 saturated heterocycles. The van der Waals surface area contributed by atoms with Crippen molar-refractivity contribution in [3.05, 3.63) is 18.0 Å². The molecule has 0 fully saturated rings. The molecule has 0 atom stereocenters. The molecule has 0 radical (unpaired) electrons. The average molecular weight is 281 g/mol. The Bertz CT molecular complexity index is 478. The van der Waals surface area contributed by atoms with Crippen LogP contribution < -0.4 is 5.32 Å². The Morgan fingerprint density at radius 2 is 2.10 bits per heavy atom. The lowest BCUT2D eigenvalue weighted by Crippen LogP contribution is -2.43. The van der Waals surface area contributed by atoms with E-state index < -0.39 is 11.5 Å². The molecule has 6 heteroatoms. The molecule has 6 nitrogen and oxygen atoms in total. The predicted octanol–water partition coefficient (Wildman–Crippen LogP) is 1.91. The van der Waals surface area contributed by atoms with Crippen LogP contribution in [0.3, 0.4) is 0 Å². The Morgan fingerprint density at radius 3 is 2.65 bits per heavy atom. The van der Waals surface area contributed by atoms with Gasteiger partial charge in [0.05, 0.1) is 11.8 Å². The standard InChI is InChI=1S/C14H23N3O3/c1-10(2)8-17-9-11(7-15-17)13(20)16-14(3,4)6-5-12(18)19/h7,9-10H,5-6,8H2,1-4H3,(H,16,20)(H,18,19). The molecule has 0 aliphatic heterocycles. The highest BCUT2D eigenvalue weighted by Crippen LogP contribution is 2.13.